The van der Waals surface area contributed by atoms with E-state index < -0.39 is 29.3 Å². The molecule has 1 N–H and O–H groups in total. The molecule has 0 aromatic heterocycles. The second kappa shape index (κ2) is 6.13. The molecule has 2 aromatic carbocycles. The molecule has 0 radical (unpaired) electrons. The zero-order valence-corrected chi connectivity index (χ0v) is 11.0. The molecule has 0 aliphatic rings. The highest BCUT2D eigenvalue weighted by Crippen LogP contribution is 2.29. The standard InChI is InChI=1S/C15H10F5NO/c16-11-4-5-13(12(17)8-11)21-14(22)7-9-2-1-3-10(6-9)15(18,19)20/h1-6,8H,7H2,(H,21,22). The van der Waals surface area contributed by atoms with Gasteiger partial charge in [-0.1, -0.05) is 18.2 Å². The van der Waals surface area contributed by atoms with E-state index in [0.29, 0.717) is 6.07 Å². The molecule has 0 atom stereocenters. The summed E-state index contributed by atoms with van der Waals surface area (Å²) in [6, 6.07) is 6.87. The SMILES string of the molecule is O=C(Cc1cccc(C(F)(F)F)c1)Nc1ccc(F)cc1F. The lowest BCUT2D eigenvalue weighted by atomic mass is 10.1. The van der Waals surface area contributed by atoms with Crippen LogP contribution >= 0.6 is 0 Å². The summed E-state index contributed by atoms with van der Waals surface area (Å²) in [6.07, 6.45) is -4.86. The molecule has 2 nitrogen and oxygen atoms in total. The first-order valence-corrected chi connectivity index (χ1v) is 6.17. The molecule has 0 aliphatic carbocycles. The highest BCUT2D eigenvalue weighted by atomic mass is 19.4. The molecule has 2 rings (SSSR count). The van der Waals surface area contributed by atoms with Gasteiger partial charge in [-0.2, -0.15) is 13.2 Å². The van der Waals surface area contributed by atoms with Crippen LogP contribution in [0.15, 0.2) is 42.5 Å². The Morgan fingerprint density at radius 2 is 1.77 bits per heavy atom. The first-order valence-electron chi connectivity index (χ1n) is 6.17. The van der Waals surface area contributed by atoms with Crippen LogP contribution in [0.2, 0.25) is 0 Å². The van der Waals surface area contributed by atoms with Crippen molar-refractivity contribution in [2.24, 2.45) is 0 Å². The van der Waals surface area contributed by atoms with Crippen molar-refractivity contribution in [3.05, 3.63) is 65.2 Å². The molecule has 1 amide bonds. The third-order valence-corrected chi connectivity index (χ3v) is 2.82. The van der Waals surface area contributed by atoms with Crippen molar-refractivity contribution in [1.29, 1.82) is 0 Å². The predicted molar refractivity (Wildman–Crippen MR) is 70.1 cm³/mol. The zero-order valence-electron chi connectivity index (χ0n) is 11.0. The van der Waals surface area contributed by atoms with Crippen molar-refractivity contribution >= 4 is 11.6 Å². The maximum absolute atomic E-state index is 13.4. The number of nitrogens with one attached hydrogen (secondary N) is 1. The maximum Gasteiger partial charge on any atom is 0.416 e. The Balaban J connectivity index is 2.09. The third-order valence-electron chi connectivity index (χ3n) is 2.82. The number of hydrogen-bond donors (Lipinski definition) is 1. The summed E-state index contributed by atoms with van der Waals surface area (Å²) in [5, 5.41) is 2.18. The number of alkyl halides is 3. The van der Waals surface area contributed by atoms with Crippen molar-refractivity contribution in [3.8, 4) is 0 Å². The van der Waals surface area contributed by atoms with E-state index in [1.165, 1.54) is 12.1 Å². The summed E-state index contributed by atoms with van der Waals surface area (Å²) >= 11 is 0. The van der Waals surface area contributed by atoms with Crippen LogP contribution in [0.4, 0.5) is 27.6 Å². The molecule has 7 heteroatoms. The molecule has 0 bridgehead atoms. The number of benzene rings is 2. The number of anilines is 1. The van der Waals surface area contributed by atoms with Crippen LogP contribution in [-0.4, -0.2) is 5.91 Å². The van der Waals surface area contributed by atoms with E-state index in [9.17, 15) is 26.7 Å². The number of amides is 1. The topological polar surface area (TPSA) is 29.1 Å². The van der Waals surface area contributed by atoms with Crippen LogP contribution in [0.3, 0.4) is 0 Å². The van der Waals surface area contributed by atoms with Crippen molar-refractivity contribution in [2.45, 2.75) is 12.6 Å². The molecule has 116 valence electrons. The van der Waals surface area contributed by atoms with Gasteiger partial charge < -0.3 is 5.32 Å². The number of carbonyl (C=O) groups is 1. The van der Waals surface area contributed by atoms with Gasteiger partial charge in [0.05, 0.1) is 17.7 Å². The quantitative estimate of drug-likeness (QED) is 0.847. The van der Waals surface area contributed by atoms with Gasteiger partial charge in [0, 0.05) is 6.07 Å². The normalized spacial score (nSPS) is 11.3. The smallest absolute Gasteiger partial charge is 0.323 e. The van der Waals surface area contributed by atoms with Crippen LogP contribution in [0, 0.1) is 11.6 Å². The predicted octanol–water partition coefficient (Wildman–Crippen LogP) is 4.16. The number of hydrogen-bond acceptors (Lipinski definition) is 1. The Morgan fingerprint density at radius 1 is 1.05 bits per heavy atom. The van der Waals surface area contributed by atoms with Gasteiger partial charge in [0.2, 0.25) is 5.91 Å². The van der Waals surface area contributed by atoms with E-state index in [1.807, 2.05) is 0 Å². The first-order chi connectivity index (χ1) is 10.3. The fourth-order valence-corrected chi connectivity index (χ4v) is 1.83. The third kappa shape index (κ3) is 4.03. The van der Waals surface area contributed by atoms with Crippen LogP contribution in [-0.2, 0) is 17.4 Å². The summed E-state index contributed by atoms with van der Waals surface area (Å²) in [7, 11) is 0. The van der Waals surface area contributed by atoms with E-state index in [1.54, 1.807) is 0 Å². The number of halogens is 5. The van der Waals surface area contributed by atoms with E-state index in [4.69, 9.17) is 0 Å². The molecule has 0 spiro atoms. The minimum atomic E-state index is -4.50. The lowest BCUT2D eigenvalue weighted by molar-refractivity contribution is -0.137. The number of rotatable bonds is 3. The highest BCUT2D eigenvalue weighted by molar-refractivity contribution is 5.92. The van der Waals surface area contributed by atoms with E-state index in [0.717, 1.165) is 24.3 Å². The highest BCUT2D eigenvalue weighted by Gasteiger charge is 2.30. The maximum atomic E-state index is 13.4. The Kier molecular flexibility index (Phi) is 4.44. The van der Waals surface area contributed by atoms with Crippen molar-refractivity contribution in [1.82, 2.24) is 0 Å². The molecule has 0 fully saturated rings. The minimum absolute atomic E-state index is 0.134. The Bertz CT molecular complexity index is 697. The van der Waals surface area contributed by atoms with Crippen molar-refractivity contribution in [2.75, 3.05) is 5.32 Å². The summed E-state index contributed by atoms with van der Waals surface area (Å²) in [5.41, 5.74) is -0.973. The molecule has 0 saturated heterocycles. The molecule has 22 heavy (non-hydrogen) atoms. The van der Waals surface area contributed by atoms with Crippen LogP contribution in [0.1, 0.15) is 11.1 Å². The van der Waals surface area contributed by atoms with Gasteiger partial charge in [0.25, 0.3) is 0 Å². The molecule has 0 saturated carbocycles. The number of carbonyl (C=O) groups excluding carboxylic acids is 1. The van der Waals surface area contributed by atoms with Crippen LogP contribution in [0.5, 0.6) is 0 Å². The summed E-state index contributed by atoms with van der Waals surface area (Å²) in [6.45, 7) is 0. The van der Waals surface area contributed by atoms with Gasteiger partial charge in [0.15, 0.2) is 0 Å². The fraction of sp³-hybridized carbons (Fsp3) is 0.133. The summed E-state index contributed by atoms with van der Waals surface area (Å²) < 4.78 is 63.8. The second-order valence-corrected chi connectivity index (χ2v) is 4.55. The van der Waals surface area contributed by atoms with Gasteiger partial charge in [-0.15, -0.1) is 0 Å². The Morgan fingerprint density at radius 3 is 2.41 bits per heavy atom. The first kappa shape index (κ1) is 15.9. The van der Waals surface area contributed by atoms with Gasteiger partial charge in [-0.3, -0.25) is 4.79 Å². The van der Waals surface area contributed by atoms with E-state index in [-0.39, 0.29) is 17.7 Å². The van der Waals surface area contributed by atoms with Gasteiger partial charge in [0.1, 0.15) is 11.6 Å². The molecular weight excluding hydrogens is 305 g/mol. The van der Waals surface area contributed by atoms with Gasteiger partial charge in [-0.05, 0) is 23.8 Å². The summed E-state index contributed by atoms with van der Waals surface area (Å²) in [4.78, 5) is 11.7. The molecule has 0 aliphatic heterocycles. The summed E-state index contributed by atoms with van der Waals surface area (Å²) in [5.74, 6) is -2.46. The fourth-order valence-electron chi connectivity index (χ4n) is 1.83. The van der Waals surface area contributed by atoms with Gasteiger partial charge >= 0.3 is 6.18 Å². The Hall–Kier alpha value is -2.44. The average molecular weight is 315 g/mol. The van der Waals surface area contributed by atoms with Crippen LogP contribution in [0.25, 0.3) is 0 Å². The van der Waals surface area contributed by atoms with Crippen molar-refractivity contribution < 1.29 is 26.7 Å². The lowest BCUT2D eigenvalue weighted by Crippen LogP contribution is -2.16. The minimum Gasteiger partial charge on any atom is -0.323 e. The van der Waals surface area contributed by atoms with Gasteiger partial charge in [-0.25, -0.2) is 8.78 Å². The average Bonchev–Trinajstić information content (AvgIpc) is 2.41. The van der Waals surface area contributed by atoms with Crippen molar-refractivity contribution in [3.63, 3.8) is 0 Å². The molecule has 0 heterocycles. The second-order valence-electron chi connectivity index (χ2n) is 4.55. The molecular formula is C15H10F5NO. The Labute approximate surface area is 122 Å². The largest absolute Gasteiger partial charge is 0.416 e. The lowest BCUT2D eigenvalue weighted by Gasteiger charge is -2.09. The van der Waals surface area contributed by atoms with E-state index >= 15 is 0 Å². The molecule has 0 unspecified atom stereocenters. The zero-order chi connectivity index (χ0) is 16.3. The monoisotopic (exact) mass is 315 g/mol. The van der Waals surface area contributed by atoms with E-state index in [2.05, 4.69) is 5.32 Å². The van der Waals surface area contributed by atoms with Crippen LogP contribution < -0.4 is 5.32 Å². The molecule has 2 aromatic rings.